The van der Waals surface area contributed by atoms with Gasteiger partial charge in [-0.15, -0.1) is 5.10 Å². The number of aromatic nitrogens is 3. The first-order valence-electron chi connectivity index (χ1n) is 15.7. The van der Waals surface area contributed by atoms with E-state index in [1.807, 2.05) is 61.9 Å². The van der Waals surface area contributed by atoms with Gasteiger partial charge in [-0.05, 0) is 45.0 Å². The van der Waals surface area contributed by atoms with Crippen LogP contribution in [0.3, 0.4) is 0 Å². The first-order valence-corrected chi connectivity index (χ1v) is 16.7. The van der Waals surface area contributed by atoms with Crippen molar-refractivity contribution in [1.29, 1.82) is 0 Å². The molecule has 0 radical (unpaired) electrons. The van der Waals surface area contributed by atoms with Crippen molar-refractivity contribution in [3.05, 3.63) is 47.3 Å². The largest absolute Gasteiger partial charge is 0.459 e. The lowest BCUT2D eigenvalue weighted by atomic mass is 10.00. The molecule has 0 spiro atoms. The van der Waals surface area contributed by atoms with Crippen molar-refractivity contribution in [3.63, 3.8) is 0 Å². The number of carbonyl (C=O) groups is 4. The van der Waals surface area contributed by atoms with Crippen LogP contribution in [-0.4, -0.2) is 117 Å². The van der Waals surface area contributed by atoms with Gasteiger partial charge in [0.05, 0.1) is 24.2 Å². The molecule has 2 N–H and O–H groups in total. The second-order valence-corrected chi connectivity index (χ2v) is 13.6. The number of piperazine rings is 1. The number of unbranched alkanes of at least 4 members (excludes halogenated alkanes) is 1. The summed E-state index contributed by atoms with van der Waals surface area (Å²) < 4.78 is 6.93. The van der Waals surface area contributed by atoms with Crippen molar-refractivity contribution < 1.29 is 23.9 Å². The van der Waals surface area contributed by atoms with Crippen LogP contribution >= 0.6 is 11.8 Å². The van der Waals surface area contributed by atoms with Crippen LogP contribution < -0.4 is 10.6 Å². The molecular weight excluding hydrogens is 596 g/mol. The minimum absolute atomic E-state index is 0.0226. The minimum atomic E-state index is -0.417. The van der Waals surface area contributed by atoms with Crippen LogP contribution in [0.4, 0.5) is 4.79 Å². The predicted molar refractivity (Wildman–Crippen MR) is 169 cm³/mol. The molecule has 14 heteroatoms. The number of hydrogen-bond donors (Lipinski definition) is 2. The Balaban J connectivity index is 0.970. The number of benzene rings is 1. The van der Waals surface area contributed by atoms with Crippen molar-refractivity contribution in [3.8, 4) is 0 Å². The Labute approximate surface area is 268 Å². The molecule has 0 saturated carbocycles. The zero-order valence-corrected chi connectivity index (χ0v) is 27.1. The average molecular weight is 641 g/mol. The van der Waals surface area contributed by atoms with E-state index in [1.54, 1.807) is 11.1 Å². The van der Waals surface area contributed by atoms with Gasteiger partial charge in [-0.2, -0.15) is 11.8 Å². The molecule has 3 aliphatic rings. The standard InChI is InChI=1S/C31H44N8O5S/c1-21(23-10-8-22(9-11-23)16-36(2)3)30(42)44-19-24-17-39(35-34-24)18-28(41)38-14-12-37(13-15-38)27(40)7-5-4-6-26-29-25(20-45-26)32-31(43)33-29/h8-11,17,21,25-26,29H,4-7,12-16,18-20H2,1-3H3,(H2,32,33,43). The maximum absolute atomic E-state index is 12.9. The van der Waals surface area contributed by atoms with E-state index in [0.717, 1.165) is 37.1 Å². The van der Waals surface area contributed by atoms with E-state index in [0.29, 0.717) is 43.5 Å². The van der Waals surface area contributed by atoms with Crippen LogP contribution in [0.2, 0.25) is 0 Å². The molecule has 1 aromatic carbocycles. The van der Waals surface area contributed by atoms with E-state index >= 15 is 0 Å². The van der Waals surface area contributed by atoms with Crippen LogP contribution in [0.25, 0.3) is 0 Å². The summed E-state index contributed by atoms with van der Waals surface area (Å²) in [5, 5.41) is 14.5. The fourth-order valence-electron chi connectivity index (χ4n) is 6.03. The highest BCUT2D eigenvalue weighted by Gasteiger charge is 2.42. The van der Waals surface area contributed by atoms with Crippen molar-refractivity contribution in [2.45, 2.75) is 75.6 Å². The lowest BCUT2D eigenvalue weighted by Crippen LogP contribution is -2.51. The van der Waals surface area contributed by atoms with Gasteiger partial charge in [0, 0.05) is 50.1 Å². The number of nitrogens with one attached hydrogen (secondary N) is 2. The number of nitrogens with zero attached hydrogens (tertiary/aromatic N) is 6. The molecule has 13 nitrogen and oxygen atoms in total. The van der Waals surface area contributed by atoms with Crippen LogP contribution in [0.15, 0.2) is 30.5 Å². The van der Waals surface area contributed by atoms with Crippen LogP contribution in [0, 0.1) is 0 Å². The summed E-state index contributed by atoms with van der Waals surface area (Å²) in [5.74, 6) is 0.204. The number of amides is 4. The van der Waals surface area contributed by atoms with E-state index in [1.165, 1.54) is 10.2 Å². The first-order chi connectivity index (χ1) is 21.7. The number of urea groups is 1. The molecule has 3 aliphatic heterocycles. The van der Waals surface area contributed by atoms with E-state index in [9.17, 15) is 19.2 Å². The quantitative estimate of drug-likeness (QED) is 0.190. The van der Waals surface area contributed by atoms with E-state index in [4.69, 9.17) is 4.74 Å². The molecule has 1 aromatic heterocycles. The highest BCUT2D eigenvalue weighted by Crippen LogP contribution is 2.33. The number of esters is 1. The molecule has 5 rings (SSSR count). The van der Waals surface area contributed by atoms with Crippen LogP contribution in [0.1, 0.15) is 55.3 Å². The van der Waals surface area contributed by atoms with Gasteiger partial charge < -0.3 is 30.1 Å². The topological polar surface area (TPSA) is 142 Å². The van der Waals surface area contributed by atoms with Gasteiger partial charge in [-0.3, -0.25) is 14.4 Å². The molecule has 45 heavy (non-hydrogen) atoms. The number of carbonyl (C=O) groups excluding carboxylic acids is 4. The fraction of sp³-hybridized carbons (Fsp3) is 0.613. The first kappa shape index (κ1) is 32.7. The Hall–Kier alpha value is -3.65. The summed E-state index contributed by atoms with van der Waals surface area (Å²) in [7, 11) is 4.02. The van der Waals surface area contributed by atoms with E-state index in [2.05, 4.69) is 25.8 Å². The Morgan fingerprint density at radius 1 is 1.04 bits per heavy atom. The molecule has 2 aromatic rings. The molecule has 3 saturated heterocycles. The Kier molecular flexibility index (Phi) is 11.0. The SMILES string of the molecule is CC(C(=O)OCc1cn(CC(=O)N2CCN(C(=O)CCCCC3SCC4NC(=O)NC43)CC2)nn1)c1ccc(CN(C)C)cc1. The van der Waals surface area contributed by atoms with Crippen molar-refractivity contribution in [2.24, 2.45) is 0 Å². The zero-order valence-electron chi connectivity index (χ0n) is 26.3. The maximum atomic E-state index is 12.9. The van der Waals surface area contributed by atoms with Crippen LogP contribution in [0.5, 0.6) is 0 Å². The number of hydrogen-bond acceptors (Lipinski definition) is 9. The second-order valence-electron chi connectivity index (χ2n) is 12.3. The van der Waals surface area contributed by atoms with Gasteiger partial charge >= 0.3 is 12.0 Å². The molecule has 0 bridgehead atoms. The monoisotopic (exact) mass is 640 g/mol. The molecule has 3 fully saturated rings. The number of ether oxygens (including phenoxy) is 1. The summed E-state index contributed by atoms with van der Waals surface area (Å²) in [6, 6.07) is 8.28. The highest BCUT2D eigenvalue weighted by atomic mass is 32.2. The summed E-state index contributed by atoms with van der Waals surface area (Å²) in [4.78, 5) is 55.5. The Morgan fingerprint density at radius 2 is 1.76 bits per heavy atom. The van der Waals surface area contributed by atoms with Crippen LogP contribution in [-0.2, 0) is 38.8 Å². The van der Waals surface area contributed by atoms with Gasteiger partial charge in [-0.25, -0.2) is 9.48 Å². The minimum Gasteiger partial charge on any atom is -0.459 e. The molecule has 4 atom stereocenters. The predicted octanol–water partition coefficient (Wildman–Crippen LogP) is 1.58. The van der Waals surface area contributed by atoms with Crippen molar-refractivity contribution in [2.75, 3.05) is 46.0 Å². The highest BCUT2D eigenvalue weighted by molar-refractivity contribution is 8.00. The Morgan fingerprint density at radius 3 is 2.47 bits per heavy atom. The normalized spacial score (nSPS) is 21.8. The molecule has 244 valence electrons. The number of fused-ring (bicyclic) bond motifs is 1. The van der Waals surface area contributed by atoms with Gasteiger partial charge in [-0.1, -0.05) is 35.9 Å². The summed E-state index contributed by atoms with van der Waals surface area (Å²) in [5.41, 5.74) is 2.52. The summed E-state index contributed by atoms with van der Waals surface area (Å²) in [6.45, 7) is 4.63. The van der Waals surface area contributed by atoms with Crippen molar-refractivity contribution in [1.82, 2.24) is 40.3 Å². The molecule has 4 amide bonds. The third-order valence-corrected chi connectivity index (χ3v) is 10.1. The van der Waals surface area contributed by atoms with Gasteiger partial charge in [0.1, 0.15) is 18.8 Å². The Bertz CT molecular complexity index is 1340. The molecule has 4 unspecified atom stereocenters. The fourth-order valence-corrected chi connectivity index (χ4v) is 7.58. The lowest BCUT2D eigenvalue weighted by Gasteiger charge is -2.34. The number of thioether (sulfide) groups is 1. The van der Waals surface area contributed by atoms with Gasteiger partial charge in [0.25, 0.3) is 0 Å². The second kappa shape index (κ2) is 15.1. The number of rotatable bonds is 13. The lowest BCUT2D eigenvalue weighted by molar-refractivity contribution is -0.146. The maximum Gasteiger partial charge on any atom is 0.315 e. The zero-order chi connectivity index (χ0) is 31.9. The van der Waals surface area contributed by atoms with E-state index in [-0.39, 0.29) is 49.1 Å². The molecular formula is C31H44N8O5S. The van der Waals surface area contributed by atoms with Crippen molar-refractivity contribution >= 4 is 35.6 Å². The molecule has 4 heterocycles. The average Bonchev–Trinajstić information content (AvgIpc) is 3.74. The smallest absolute Gasteiger partial charge is 0.315 e. The van der Waals surface area contributed by atoms with Gasteiger partial charge in [0.15, 0.2) is 0 Å². The molecule has 0 aliphatic carbocycles. The summed E-state index contributed by atoms with van der Waals surface area (Å²) in [6.07, 6.45) is 4.87. The van der Waals surface area contributed by atoms with Gasteiger partial charge in [0.2, 0.25) is 11.8 Å². The third-order valence-electron chi connectivity index (χ3n) is 8.63. The third kappa shape index (κ3) is 8.75. The van der Waals surface area contributed by atoms with E-state index < -0.39 is 5.92 Å². The summed E-state index contributed by atoms with van der Waals surface area (Å²) >= 11 is 1.89.